The summed E-state index contributed by atoms with van der Waals surface area (Å²) < 4.78 is 26.8. The van der Waals surface area contributed by atoms with Crippen LogP contribution in [0.3, 0.4) is 0 Å². The zero-order valence-corrected chi connectivity index (χ0v) is 13.7. The maximum absolute atomic E-state index is 12.6. The van der Waals surface area contributed by atoms with Gasteiger partial charge in [-0.15, -0.1) is 0 Å². The van der Waals surface area contributed by atoms with Gasteiger partial charge in [0.25, 0.3) is 10.0 Å². The lowest BCUT2D eigenvalue weighted by Crippen LogP contribution is -2.40. The molecule has 6 heteroatoms. The van der Waals surface area contributed by atoms with Gasteiger partial charge in [0.2, 0.25) is 0 Å². The van der Waals surface area contributed by atoms with E-state index in [-0.39, 0.29) is 5.03 Å². The van der Waals surface area contributed by atoms with Gasteiger partial charge in [-0.3, -0.25) is 0 Å². The normalized spacial score (nSPS) is 20.6. The quantitative estimate of drug-likeness (QED) is 0.873. The monoisotopic (exact) mass is 311 g/mol. The van der Waals surface area contributed by atoms with E-state index in [1.165, 1.54) is 0 Å². The minimum Gasteiger partial charge on any atom is -0.313 e. The molecule has 1 fully saturated rings. The van der Waals surface area contributed by atoms with Crippen molar-refractivity contribution in [1.82, 2.24) is 14.6 Å². The molecule has 1 aromatic rings. The Morgan fingerprint density at radius 3 is 2.81 bits per heavy atom. The molecule has 1 aromatic heterocycles. The highest BCUT2D eigenvalue weighted by molar-refractivity contribution is 7.89. The van der Waals surface area contributed by atoms with Crippen LogP contribution in [0.5, 0.6) is 0 Å². The average Bonchev–Trinajstić information content (AvgIpc) is 2.53. The van der Waals surface area contributed by atoms with Crippen LogP contribution in [0.15, 0.2) is 23.4 Å². The van der Waals surface area contributed by atoms with Crippen LogP contribution in [-0.4, -0.2) is 37.3 Å². The summed E-state index contributed by atoms with van der Waals surface area (Å²) in [6.07, 6.45) is 4.74. The molecule has 0 saturated carbocycles. The number of sulfonamides is 1. The molecule has 5 nitrogen and oxygen atoms in total. The fraction of sp³-hybridized carbons (Fsp3) is 0.667. The molecule has 0 radical (unpaired) electrons. The van der Waals surface area contributed by atoms with Crippen LogP contribution in [0.2, 0.25) is 0 Å². The molecule has 0 amide bonds. The largest absolute Gasteiger partial charge is 0.313 e. The maximum Gasteiger partial charge on any atom is 0.260 e. The molecule has 1 aliphatic heterocycles. The second kappa shape index (κ2) is 7.33. The highest BCUT2D eigenvalue weighted by Crippen LogP contribution is 2.24. The van der Waals surface area contributed by atoms with E-state index in [1.807, 2.05) is 13.0 Å². The van der Waals surface area contributed by atoms with Gasteiger partial charge in [-0.25, -0.2) is 13.4 Å². The Hall–Kier alpha value is -0.980. The van der Waals surface area contributed by atoms with Gasteiger partial charge in [-0.2, -0.15) is 4.31 Å². The Morgan fingerprint density at radius 1 is 1.38 bits per heavy atom. The van der Waals surface area contributed by atoms with Crippen molar-refractivity contribution in [2.45, 2.75) is 44.7 Å². The molecule has 21 heavy (non-hydrogen) atoms. The van der Waals surface area contributed by atoms with E-state index >= 15 is 0 Å². The van der Waals surface area contributed by atoms with Crippen molar-refractivity contribution in [2.75, 3.05) is 19.6 Å². The summed E-state index contributed by atoms with van der Waals surface area (Å²) in [5.41, 5.74) is 1.00. The molecule has 0 aliphatic carbocycles. The van der Waals surface area contributed by atoms with Gasteiger partial charge < -0.3 is 5.32 Å². The number of hydrogen-bond acceptors (Lipinski definition) is 4. The number of nitrogens with one attached hydrogen (secondary N) is 1. The predicted octanol–water partition coefficient (Wildman–Crippen LogP) is 2.00. The first-order valence-corrected chi connectivity index (χ1v) is 9.17. The summed E-state index contributed by atoms with van der Waals surface area (Å²) in [6.45, 7) is 6.98. The number of nitrogens with zero attached hydrogens (tertiary/aromatic N) is 2. The summed E-state index contributed by atoms with van der Waals surface area (Å²) in [7, 11) is -3.44. The summed E-state index contributed by atoms with van der Waals surface area (Å²) in [6, 6.07) is 3.46. The molecule has 0 aromatic carbocycles. The van der Waals surface area contributed by atoms with E-state index < -0.39 is 10.0 Å². The van der Waals surface area contributed by atoms with Crippen molar-refractivity contribution in [2.24, 2.45) is 5.92 Å². The number of rotatable bonds is 6. The number of piperidine rings is 1. The molecule has 1 aliphatic rings. The van der Waals surface area contributed by atoms with Crippen molar-refractivity contribution in [1.29, 1.82) is 0 Å². The highest BCUT2D eigenvalue weighted by atomic mass is 32.2. The van der Waals surface area contributed by atoms with Crippen molar-refractivity contribution in [3.8, 4) is 0 Å². The topological polar surface area (TPSA) is 62.3 Å². The molecule has 1 unspecified atom stereocenters. The lowest BCUT2D eigenvalue weighted by Gasteiger charge is -2.31. The van der Waals surface area contributed by atoms with Crippen molar-refractivity contribution < 1.29 is 8.42 Å². The van der Waals surface area contributed by atoms with Gasteiger partial charge in [0, 0.05) is 25.8 Å². The van der Waals surface area contributed by atoms with Crippen molar-refractivity contribution in [3.05, 3.63) is 23.9 Å². The Kier molecular flexibility index (Phi) is 5.72. The standard InChI is InChI=1S/C15H25N3O2S/c1-3-13-6-5-9-18(12-13)21(19,20)15-8-7-14(11-17-15)10-16-4-2/h7-8,11,13,16H,3-6,9-10,12H2,1-2H3. The second-order valence-corrected chi connectivity index (χ2v) is 7.45. The second-order valence-electron chi connectivity index (χ2n) is 5.56. The lowest BCUT2D eigenvalue weighted by molar-refractivity contribution is 0.261. The van der Waals surface area contributed by atoms with Gasteiger partial charge in [0.1, 0.15) is 0 Å². The molecule has 2 rings (SSSR count). The smallest absolute Gasteiger partial charge is 0.260 e. The fourth-order valence-electron chi connectivity index (χ4n) is 2.65. The molecule has 0 spiro atoms. The van der Waals surface area contributed by atoms with Gasteiger partial charge >= 0.3 is 0 Å². The Balaban J connectivity index is 2.11. The molecule has 1 N–H and O–H groups in total. The maximum atomic E-state index is 12.6. The van der Waals surface area contributed by atoms with Gasteiger partial charge in [-0.05, 0) is 36.9 Å². The summed E-state index contributed by atoms with van der Waals surface area (Å²) >= 11 is 0. The van der Waals surface area contributed by atoms with Gasteiger partial charge in [0.15, 0.2) is 5.03 Å². The molecule has 1 atom stereocenters. The minimum atomic E-state index is -3.44. The van der Waals surface area contributed by atoms with Crippen LogP contribution < -0.4 is 5.32 Å². The molecular weight excluding hydrogens is 286 g/mol. The van der Waals surface area contributed by atoms with E-state index in [1.54, 1.807) is 16.6 Å². The molecular formula is C15H25N3O2S. The van der Waals surface area contributed by atoms with E-state index in [4.69, 9.17) is 0 Å². The molecule has 2 heterocycles. The first kappa shape index (κ1) is 16.4. The van der Waals surface area contributed by atoms with Crippen LogP contribution in [0.1, 0.15) is 38.7 Å². The third-order valence-corrected chi connectivity index (χ3v) is 5.82. The van der Waals surface area contributed by atoms with E-state index in [2.05, 4.69) is 17.2 Å². The molecule has 0 bridgehead atoms. The minimum absolute atomic E-state index is 0.166. The van der Waals surface area contributed by atoms with Crippen LogP contribution in [0, 0.1) is 5.92 Å². The van der Waals surface area contributed by atoms with E-state index in [0.29, 0.717) is 25.6 Å². The summed E-state index contributed by atoms with van der Waals surface area (Å²) in [5, 5.41) is 3.37. The van der Waals surface area contributed by atoms with Crippen LogP contribution in [0.25, 0.3) is 0 Å². The summed E-state index contributed by atoms with van der Waals surface area (Å²) in [4.78, 5) is 4.16. The van der Waals surface area contributed by atoms with E-state index in [0.717, 1.165) is 31.4 Å². The average molecular weight is 311 g/mol. The Labute approximate surface area is 127 Å². The molecule has 1 saturated heterocycles. The fourth-order valence-corrected chi connectivity index (χ4v) is 4.12. The van der Waals surface area contributed by atoms with Crippen LogP contribution >= 0.6 is 0 Å². The zero-order chi connectivity index (χ0) is 15.3. The number of hydrogen-bond donors (Lipinski definition) is 1. The third kappa shape index (κ3) is 4.02. The first-order chi connectivity index (χ1) is 10.1. The van der Waals surface area contributed by atoms with Crippen molar-refractivity contribution >= 4 is 10.0 Å². The lowest BCUT2D eigenvalue weighted by atomic mass is 9.97. The zero-order valence-electron chi connectivity index (χ0n) is 12.9. The Morgan fingerprint density at radius 2 is 2.19 bits per heavy atom. The summed E-state index contributed by atoms with van der Waals surface area (Å²) in [5.74, 6) is 0.474. The highest BCUT2D eigenvalue weighted by Gasteiger charge is 2.30. The van der Waals surface area contributed by atoms with Crippen molar-refractivity contribution in [3.63, 3.8) is 0 Å². The number of pyridine rings is 1. The first-order valence-electron chi connectivity index (χ1n) is 7.73. The van der Waals surface area contributed by atoms with Crippen LogP contribution in [-0.2, 0) is 16.6 Å². The van der Waals surface area contributed by atoms with Crippen LogP contribution in [0.4, 0.5) is 0 Å². The SMILES string of the molecule is CCNCc1ccc(S(=O)(=O)N2CCCC(CC)C2)nc1. The van der Waals surface area contributed by atoms with E-state index in [9.17, 15) is 8.42 Å². The van der Waals surface area contributed by atoms with Gasteiger partial charge in [-0.1, -0.05) is 26.3 Å². The van der Waals surface area contributed by atoms with Gasteiger partial charge in [0.05, 0.1) is 0 Å². The number of aromatic nitrogens is 1. The predicted molar refractivity (Wildman–Crippen MR) is 83.4 cm³/mol. The third-order valence-electron chi connectivity index (χ3n) is 4.04. The molecule has 118 valence electrons. The Bertz CT molecular complexity index is 543.